The molecule has 1 heteroatoms. The van der Waals surface area contributed by atoms with Gasteiger partial charge in [0.25, 0.3) is 0 Å². The van der Waals surface area contributed by atoms with Crippen molar-refractivity contribution in [3.63, 3.8) is 0 Å². The maximum absolute atomic E-state index is 4.22. The summed E-state index contributed by atoms with van der Waals surface area (Å²) in [6, 6.07) is 0. The van der Waals surface area contributed by atoms with Crippen LogP contribution in [0.4, 0.5) is 0 Å². The summed E-state index contributed by atoms with van der Waals surface area (Å²) in [6.07, 6.45) is 9.42. The Morgan fingerprint density at radius 1 is 0.818 bits per heavy atom. The normalized spacial score (nSPS) is 15.8. The van der Waals surface area contributed by atoms with Crippen LogP contribution in [0, 0.1) is 23.7 Å². The Hall–Kier alpha value is -0.980. The van der Waals surface area contributed by atoms with Crippen LogP contribution in [0.15, 0.2) is 36.6 Å². The number of hydrogen-bond acceptors (Lipinski definition) is 1. The fourth-order valence-corrected chi connectivity index (χ4v) is 2.38. The molecule has 0 fully saturated rings. The molecular formula is C21H39N. The monoisotopic (exact) mass is 305 g/mol. The zero-order chi connectivity index (χ0) is 17.3. The number of hydrogen-bond donors (Lipinski definition) is 0. The third-order valence-corrected chi connectivity index (χ3v) is 4.92. The second kappa shape index (κ2) is 10.7. The molecule has 0 heterocycles. The van der Waals surface area contributed by atoms with Crippen LogP contribution in [-0.4, -0.2) is 19.0 Å². The van der Waals surface area contributed by atoms with Gasteiger partial charge >= 0.3 is 0 Å². The van der Waals surface area contributed by atoms with Gasteiger partial charge in [0.15, 0.2) is 0 Å². The van der Waals surface area contributed by atoms with Gasteiger partial charge in [-0.15, -0.1) is 0 Å². The highest BCUT2D eigenvalue weighted by Gasteiger charge is 2.14. The van der Waals surface area contributed by atoms with E-state index in [1.807, 2.05) is 19.0 Å². The molecule has 0 aromatic rings. The first-order chi connectivity index (χ1) is 10.1. The van der Waals surface area contributed by atoms with Crippen molar-refractivity contribution in [3.05, 3.63) is 36.6 Å². The van der Waals surface area contributed by atoms with Crippen LogP contribution < -0.4 is 0 Å². The van der Waals surface area contributed by atoms with Crippen molar-refractivity contribution < 1.29 is 0 Å². The van der Waals surface area contributed by atoms with Crippen molar-refractivity contribution in [2.75, 3.05) is 14.1 Å². The average molecular weight is 306 g/mol. The van der Waals surface area contributed by atoms with E-state index < -0.39 is 0 Å². The highest BCUT2D eigenvalue weighted by molar-refractivity contribution is 5.24. The summed E-state index contributed by atoms with van der Waals surface area (Å²) in [6.45, 7) is 20.0. The molecule has 128 valence electrons. The largest absolute Gasteiger partial charge is 0.378 e. The quantitative estimate of drug-likeness (QED) is 0.405. The van der Waals surface area contributed by atoms with Crippen molar-refractivity contribution in [2.45, 2.75) is 60.3 Å². The van der Waals surface area contributed by atoms with Gasteiger partial charge in [-0.1, -0.05) is 72.3 Å². The smallest absolute Gasteiger partial charge is 0.0288 e. The third kappa shape index (κ3) is 9.12. The van der Waals surface area contributed by atoms with E-state index in [2.05, 4.69) is 59.9 Å². The molecule has 0 N–H and O–H groups in total. The lowest BCUT2D eigenvalue weighted by atomic mass is 9.83. The van der Waals surface area contributed by atoms with E-state index in [1.165, 1.54) is 31.3 Å². The third-order valence-electron chi connectivity index (χ3n) is 4.92. The molecule has 0 aliphatic heterocycles. The van der Waals surface area contributed by atoms with Gasteiger partial charge in [-0.3, -0.25) is 0 Å². The van der Waals surface area contributed by atoms with Gasteiger partial charge < -0.3 is 4.90 Å². The van der Waals surface area contributed by atoms with Crippen molar-refractivity contribution in [1.82, 2.24) is 4.90 Å². The predicted octanol–water partition coefficient (Wildman–Crippen LogP) is 6.30. The number of allylic oxidation sites excluding steroid dienone is 3. The first-order valence-corrected chi connectivity index (χ1v) is 8.88. The first kappa shape index (κ1) is 21.0. The summed E-state index contributed by atoms with van der Waals surface area (Å²) >= 11 is 0. The minimum atomic E-state index is 0.547. The maximum atomic E-state index is 4.22. The van der Waals surface area contributed by atoms with E-state index in [0.29, 0.717) is 5.92 Å². The summed E-state index contributed by atoms with van der Waals surface area (Å²) in [7, 11) is 4.03. The molecule has 0 aliphatic carbocycles. The summed E-state index contributed by atoms with van der Waals surface area (Å²) in [4.78, 5) is 2.02. The Morgan fingerprint density at radius 3 is 1.77 bits per heavy atom. The number of rotatable bonds is 11. The molecule has 22 heavy (non-hydrogen) atoms. The molecule has 0 saturated carbocycles. The lowest BCUT2D eigenvalue weighted by molar-refractivity contribution is 0.306. The van der Waals surface area contributed by atoms with Crippen LogP contribution in [0.5, 0.6) is 0 Å². The van der Waals surface area contributed by atoms with Gasteiger partial charge in [0.2, 0.25) is 0 Å². The molecule has 0 aromatic carbocycles. The van der Waals surface area contributed by atoms with Crippen molar-refractivity contribution in [2.24, 2.45) is 23.7 Å². The highest BCUT2D eigenvalue weighted by Crippen LogP contribution is 2.27. The van der Waals surface area contributed by atoms with E-state index in [4.69, 9.17) is 0 Å². The summed E-state index contributed by atoms with van der Waals surface area (Å²) < 4.78 is 0. The Morgan fingerprint density at radius 2 is 1.32 bits per heavy atom. The molecule has 0 bridgehead atoms. The Kier molecular flexibility index (Phi) is 10.2. The Labute approximate surface area is 140 Å². The molecule has 0 rings (SSSR count). The van der Waals surface area contributed by atoms with Gasteiger partial charge in [-0.05, 0) is 42.6 Å². The van der Waals surface area contributed by atoms with Gasteiger partial charge in [0.05, 0.1) is 0 Å². The molecular weight excluding hydrogens is 266 g/mol. The van der Waals surface area contributed by atoms with Crippen LogP contribution in [0.3, 0.4) is 0 Å². The lowest BCUT2D eigenvalue weighted by Crippen LogP contribution is -2.11. The minimum Gasteiger partial charge on any atom is -0.378 e. The van der Waals surface area contributed by atoms with Gasteiger partial charge in [-0.2, -0.15) is 0 Å². The zero-order valence-corrected chi connectivity index (χ0v) is 16.2. The zero-order valence-electron chi connectivity index (χ0n) is 16.2. The highest BCUT2D eigenvalue weighted by atomic mass is 15.1. The molecule has 0 radical (unpaired) electrons. The van der Waals surface area contributed by atoms with Gasteiger partial charge in [0.1, 0.15) is 0 Å². The predicted molar refractivity (Wildman–Crippen MR) is 102 cm³/mol. The fraction of sp³-hybridized carbons (Fsp3) is 0.714. The number of nitrogens with zero attached hydrogens (tertiary/aromatic N) is 1. The van der Waals surface area contributed by atoms with Crippen molar-refractivity contribution in [1.29, 1.82) is 0 Å². The molecule has 0 amide bonds. The van der Waals surface area contributed by atoms with Crippen LogP contribution in [0.25, 0.3) is 0 Å². The van der Waals surface area contributed by atoms with E-state index in [1.54, 1.807) is 0 Å². The average Bonchev–Trinajstić information content (AvgIpc) is 2.46. The summed E-state index contributed by atoms with van der Waals surface area (Å²) in [5.41, 5.74) is 2.23. The molecule has 3 unspecified atom stereocenters. The van der Waals surface area contributed by atoms with Crippen LogP contribution in [0.2, 0.25) is 0 Å². The van der Waals surface area contributed by atoms with Gasteiger partial charge in [0, 0.05) is 19.8 Å². The minimum absolute atomic E-state index is 0.547. The maximum Gasteiger partial charge on any atom is 0.0288 e. The fourth-order valence-electron chi connectivity index (χ4n) is 2.38. The topological polar surface area (TPSA) is 3.24 Å². The van der Waals surface area contributed by atoms with Crippen LogP contribution >= 0.6 is 0 Å². The van der Waals surface area contributed by atoms with Gasteiger partial charge in [-0.25, -0.2) is 0 Å². The summed E-state index contributed by atoms with van der Waals surface area (Å²) in [5.74, 6) is 3.00. The van der Waals surface area contributed by atoms with Crippen molar-refractivity contribution in [3.8, 4) is 0 Å². The Bertz CT molecular complexity index is 362. The van der Waals surface area contributed by atoms with Crippen molar-refractivity contribution >= 4 is 0 Å². The first-order valence-electron chi connectivity index (χ1n) is 8.88. The standard InChI is InChI=1S/C21H39N/c1-16(2)10-11-17(3)18(4)12-13-19(5)20(6)14-15-21(7)22(8)9/h14-19H,6-7,10-13H2,1-5,8-9H3/b15-14-. The van der Waals surface area contributed by atoms with Crippen LogP contribution in [-0.2, 0) is 0 Å². The SMILES string of the molecule is C=C(/C=C\C(=C)N(C)C)C(C)CCC(C)C(C)CCC(C)C. The van der Waals surface area contributed by atoms with E-state index >= 15 is 0 Å². The van der Waals surface area contributed by atoms with E-state index in [9.17, 15) is 0 Å². The number of likely N-dealkylation sites (N-methyl/N-ethyl adjacent to an activating group) is 1. The molecule has 0 spiro atoms. The molecule has 1 nitrogen and oxygen atoms in total. The summed E-state index contributed by atoms with van der Waals surface area (Å²) in [5, 5.41) is 0. The molecule has 0 aromatic heterocycles. The lowest BCUT2D eigenvalue weighted by Gasteiger charge is -2.22. The van der Waals surface area contributed by atoms with E-state index in [0.717, 1.165) is 23.5 Å². The second-order valence-corrected chi connectivity index (χ2v) is 7.70. The molecule has 0 saturated heterocycles. The van der Waals surface area contributed by atoms with Crippen LogP contribution in [0.1, 0.15) is 60.3 Å². The molecule has 3 atom stereocenters. The van der Waals surface area contributed by atoms with E-state index in [-0.39, 0.29) is 0 Å². The second-order valence-electron chi connectivity index (χ2n) is 7.70. The molecule has 0 aliphatic rings. The Balaban J connectivity index is 4.18.